The Kier molecular flexibility index (Phi) is 10.1. The molecule has 0 aromatic heterocycles. The van der Waals surface area contributed by atoms with Gasteiger partial charge in [-0.05, 0) is 50.3 Å². The predicted molar refractivity (Wildman–Crippen MR) is 116 cm³/mol. The van der Waals surface area contributed by atoms with E-state index in [0.29, 0.717) is 18.9 Å². The fraction of sp³-hybridized carbons (Fsp3) is 0.591. The number of amidine groups is 1. The first-order valence-corrected chi connectivity index (χ1v) is 10.2. The van der Waals surface area contributed by atoms with E-state index in [1.807, 2.05) is 24.3 Å². The highest BCUT2D eigenvalue weighted by atomic mass is 16.7. The van der Waals surface area contributed by atoms with Crippen LogP contribution in [0, 0.1) is 0 Å². The summed E-state index contributed by atoms with van der Waals surface area (Å²) in [5, 5.41) is 2.08. The molecular weight excluding hydrogens is 336 g/mol. The highest BCUT2D eigenvalue weighted by Crippen LogP contribution is 2.26. The molecule has 1 aromatic carbocycles. The number of benzene rings is 1. The van der Waals surface area contributed by atoms with Crippen LogP contribution in [0.5, 0.6) is 0 Å². The number of hydrogen-bond donors (Lipinski definition) is 2. The van der Waals surface area contributed by atoms with E-state index in [2.05, 4.69) is 50.8 Å². The van der Waals surface area contributed by atoms with E-state index in [1.54, 1.807) is 0 Å². The van der Waals surface area contributed by atoms with Gasteiger partial charge < -0.3 is 11.5 Å². The predicted octanol–water partition coefficient (Wildman–Crippen LogP) is 5.03. The van der Waals surface area contributed by atoms with Crippen LogP contribution >= 0.6 is 0 Å². The molecule has 5 heteroatoms. The largest absolute Gasteiger partial charge is 0.399 e. The van der Waals surface area contributed by atoms with Gasteiger partial charge in [0.2, 0.25) is 0 Å². The van der Waals surface area contributed by atoms with Gasteiger partial charge in [-0.15, -0.1) is 0 Å². The van der Waals surface area contributed by atoms with Crippen LogP contribution in [-0.2, 0) is 11.4 Å². The third-order valence-electron chi connectivity index (χ3n) is 4.81. The third kappa shape index (κ3) is 7.73. The molecule has 0 saturated carbocycles. The van der Waals surface area contributed by atoms with Gasteiger partial charge in [-0.1, -0.05) is 45.9 Å². The minimum atomic E-state index is -0.206. The molecule has 0 heterocycles. The second kappa shape index (κ2) is 11.8. The van der Waals surface area contributed by atoms with Crippen molar-refractivity contribution in [2.24, 2.45) is 10.7 Å². The maximum absolute atomic E-state index is 6.31. The summed E-state index contributed by atoms with van der Waals surface area (Å²) in [6, 6.07) is 7.81. The molecule has 0 bridgehead atoms. The smallest absolute Gasteiger partial charge is 0.101 e. The topological polar surface area (TPSA) is 76.9 Å². The van der Waals surface area contributed by atoms with Crippen LogP contribution in [-0.4, -0.2) is 23.0 Å². The van der Waals surface area contributed by atoms with Gasteiger partial charge >= 0.3 is 0 Å². The number of anilines is 1. The number of nitrogens with zero attached hydrogens (tertiary/aromatic N) is 2. The summed E-state index contributed by atoms with van der Waals surface area (Å²) in [6.45, 7) is 12.1. The molecule has 0 aliphatic rings. The van der Waals surface area contributed by atoms with Crippen LogP contribution in [0.25, 0.3) is 0 Å². The molecular formula is C22H38N4O. The highest BCUT2D eigenvalue weighted by Gasteiger charge is 2.32. The van der Waals surface area contributed by atoms with Crippen molar-refractivity contribution in [2.75, 3.05) is 12.3 Å². The Morgan fingerprint density at radius 2 is 1.85 bits per heavy atom. The molecule has 0 spiro atoms. The van der Waals surface area contributed by atoms with Crippen LogP contribution in [0.3, 0.4) is 0 Å². The first kappa shape index (κ1) is 23.2. The van der Waals surface area contributed by atoms with E-state index < -0.39 is 0 Å². The molecule has 27 heavy (non-hydrogen) atoms. The molecule has 1 aromatic rings. The van der Waals surface area contributed by atoms with Crippen molar-refractivity contribution >= 4 is 11.5 Å². The number of nitrogens with two attached hydrogens (primary N) is 2. The number of allylic oxidation sites excluding steroid dienone is 2. The van der Waals surface area contributed by atoms with Gasteiger partial charge in [0.1, 0.15) is 5.84 Å². The molecule has 4 N–H and O–H groups in total. The van der Waals surface area contributed by atoms with Crippen molar-refractivity contribution in [3.63, 3.8) is 0 Å². The van der Waals surface area contributed by atoms with Crippen LogP contribution in [0.4, 0.5) is 5.69 Å². The van der Waals surface area contributed by atoms with E-state index in [9.17, 15) is 0 Å². The molecule has 0 saturated heterocycles. The number of hydroxylamine groups is 2. The van der Waals surface area contributed by atoms with Crippen molar-refractivity contribution in [3.8, 4) is 0 Å². The standard InChI is InChI=1S/C22H38N4O/c1-6-10-20(8-3)25-21(24)16-22(5,9-4)26(15-7-2)27-17-18-11-13-19(23)14-12-18/h10-14H,6-9,15-17,23H2,1-5H3,(H2,24,25)/b20-10+. The fourth-order valence-corrected chi connectivity index (χ4v) is 2.97. The van der Waals surface area contributed by atoms with E-state index >= 15 is 0 Å². The fourth-order valence-electron chi connectivity index (χ4n) is 2.97. The maximum Gasteiger partial charge on any atom is 0.101 e. The van der Waals surface area contributed by atoms with Crippen molar-refractivity contribution < 1.29 is 4.84 Å². The first-order chi connectivity index (χ1) is 12.9. The van der Waals surface area contributed by atoms with Gasteiger partial charge in [0, 0.05) is 24.4 Å². The van der Waals surface area contributed by atoms with Crippen LogP contribution < -0.4 is 11.5 Å². The molecule has 0 radical (unpaired) electrons. The van der Waals surface area contributed by atoms with E-state index in [-0.39, 0.29) is 5.54 Å². The lowest BCUT2D eigenvalue weighted by Gasteiger charge is -2.39. The Hall–Kier alpha value is -1.85. The van der Waals surface area contributed by atoms with Crippen LogP contribution in [0.2, 0.25) is 0 Å². The Morgan fingerprint density at radius 3 is 2.37 bits per heavy atom. The summed E-state index contributed by atoms with van der Waals surface area (Å²) in [5.74, 6) is 0.665. The number of nitrogen functional groups attached to an aromatic ring is 1. The molecule has 0 fully saturated rings. The summed E-state index contributed by atoms with van der Waals surface area (Å²) < 4.78 is 0. The molecule has 1 unspecified atom stereocenters. The van der Waals surface area contributed by atoms with Gasteiger partial charge in [0.25, 0.3) is 0 Å². The lowest BCUT2D eigenvalue weighted by Crippen LogP contribution is -2.48. The SMILES string of the molecule is CC/C=C(CC)/N=C(/N)CC(C)(CC)N(CCC)OCc1ccc(N)cc1. The Bertz CT molecular complexity index is 609. The van der Waals surface area contributed by atoms with Crippen LogP contribution in [0.15, 0.2) is 41.0 Å². The zero-order valence-corrected chi connectivity index (χ0v) is 17.8. The lowest BCUT2D eigenvalue weighted by atomic mass is 9.93. The van der Waals surface area contributed by atoms with Gasteiger partial charge in [-0.2, -0.15) is 5.06 Å². The maximum atomic E-state index is 6.31. The van der Waals surface area contributed by atoms with Gasteiger partial charge in [0.05, 0.1) is 12.1 Å². The second-order valence-electron chi connectivity index (χ2n) is 7.20. The van der Waals surface area contributed by atoms with Crippen molar-refractivity contribution in [3.05, 3.63) is 41.6 Å². The van der Waals surface area contributed by atoms with Crippen molar-refractivity contribution in [1.82, 2.24) is 5.06 Å². The summed E-state index contributed by atoms with van der Waals surface area (Å²) in [5.41, 5.74) is 14.8. The summed E-state index contributed by atoms with van der Waals surface area (Å²) in [6.07, 6.45) is 6.60. The third-order valence-corrected chi connectivity index (χ3v) is 4.81. The number of hydrogen-bond acceptors (Lipinski definition) is 4. The van der Waals surface area contributed by atoms with Crippen molar-refractivity contribution in [2.45, 2.75) is 78.9 Å². The number of aliphatic imine (C=N–C) groups is 1. The average Bonchev–Trinajstić information content (AvgIpc) is 2.65. The second-order valence-corrected chi connectivity index (χ2v) is 7.20. The quantitative estimate of drug-likeness (QED) is 0.233. The van der Waals surface area contributed by atoms with E-state index in [4.69, 9.17) is 16.3 Å². The van der Waals surface area contributed by atoms with E-state index in [0.717, 1.165) is 49.2 Å². The summed E-state index contributed by atoms with van der Waals surface area (Å²) in [4.78, 5) is 10.9. The van der Waals surface area contributed by atoms with Crippen molar-refractivity contribution in [1.29, 1.82) is 0 Å². The summed E-state index contributed by atoms with van der Waals surface area (Å²) in [7, 11) is 0. The minimum Gasteiger partial charge on any atom is -0.399 e. The van der Waals surface area contributed by atoms with Gasteiger partial charge in [0.15, 0.2) is 0 Å². The molecule has 152 valence electrons. The average molecular weight is 375 g/mol. The number of rotatable bonds is 12. The molecule has 0 aliphatic heterocycles. The molecule has 0 aliphatic carbocycles. The Morgan fingerprint density at radius 1 is 1.19 bits per heavy atom. The van der Waals surface area contributed by atoms with Gasteiger partial charge in [-0.3, -0.25) is 4.84 Å². The first-order valence-electron chi connectivity index (χ1n) is 10.2. The van der Waals surface area contributed by atoms with Gasteiger partial charge in [-0.25, -0.2) is 4.99 Å². The Balaban J connectivity index is 2.90. The Labute approximate surface area is 165 Å². The van der Waals surface area contributed by atoms with Crippen LogP contribution in [0.1, 0.15) is 72.3 Å². The summed E-state index contributed by atoms with van der Waals surface area (Å²) >= 11 is 0. The lowest BCUT2D eigenvalue weighted by molar-refractivity contribution is -0.227. The van der Waals surface area contributed by atoms with E-state index in [1.165, 1.54) is 0 Å². The minimum absolute atomic E-state index is 0.206. The highest BCUT2D eigenvalue weighted by molar-refractivity contribution is 5.82. The zero-order chi connectivity index (χ0) is 20.3. The zero-order valence-electron chi connectivity index (χ0n) is 17.8. The molecule has 0 amide bonds. The molecule has 1 atom stereocenters. The molecule has 5 nitrogen and oxygen atoms in total. The normalized spacial score (nSPS) is 15.2. The molecule has 1 rings (SSSR count). The monoisotopic (exact) mass is 374 g/mol.